The van der Waals surface area contributed by atoms with Crippen molar-refractivity contribution in [2.75, 3.05) is 12.4 Å². The van der Waals surface area contributed by atoms with Gasteiger partial charge in [-0.1, -0.05) is 38.8 Å². The Hall–Kier alpha value is 0.390. The van der Waals surface area contributed by atoms with Gasteiger partial charge in [0.05, 0.1) is 4.95 Å². The third-order valence-corrected chi connectivity index (χ3v) is 5.74. The summed E-state index contributed by atoms with van der Waals surface area (Å²) in [4.78, 5) is 14.2. The largest absolute Gasteiger partial charge is 0.371 e. The highest BCUT2D eigenvalue weighted by Gasteiger charge is 2.57. The summed E-state index contributed by atoms with van der Waals surface area (Å²) in [5.41, 5.74) is -0.457. The Morgan fingerprint density at radius 1 is 1.50 bits per heavy atom. The molecule has 1 amide bonds. The van der Waals surface area contributed by atoms with Crippen LogP contribution < -0.4 is 0 Å². The molecular formula is C11H19Br2NO2. The number of carbonyl (C=O) groups excluding carboxylic acids is 1. The number of amides is 1. The molecule has 0 saturated carbocycles. The molecule has 16 heavy (non-hydrogen) atoms. The molecule has 1 rings (SSSR count). The summed E-state index contributed by atoms with van der Waals surface area (Å²) in [6.07, 6.45) is -0.393. The van der Waals surface area contributed by atoms with Crippen molar-refractivity contribution in [3.8, 4) is 0 Å². The molecule has 3 atom stereocenters. The van der Waals surface area contributed by atoms with Crippen LogP contribution in [0, 0.1) is 5.41 Å². The number of halogens is 2. The Kier molecular flexibility index (Phi) is 4.13. The fourth-order valence-corrected chi connectivity index (χ4v) is 4.37. The van der Waals surface area contributed by atoms with Gasteiger partial charge in [0, 0.05) is 23.4 Å². The summed E-state index contributed by atoms with van der Waals surface area (Å²) in [6, 6.07) is 0. The molecule has 0 aromatic heterocycles. The second-order valence-electron chi connectivity index (χ2n) is 5.47. The highest BCUT2D eigenvalue weighted by Crippen LogP contribution is 2.46. The van der Waals surface area contributed by atoms with E-state index in [9.17, 15) is 4.79 Å². The molecule has 1 aliphatic heterocycles. The van der Waals surface area contributed by atoms with Gasteiger partial charge in [0.2, 0.25) is 0 Å². The molecule has 94 valence electrons. The Bertz CT molecular complexity index is 290. The standard InChI is InChI=1S/C11H19Br2NO2/c1-10(2,3)14-8(15)7(16-5)11(4,6-12)9(14)13/h7,9H,6H2,1-5H3/t7-,9-,11+/m0/s1. The Morgan fingerprint density at radius 3 is 2.25 bits per heavy atom. The van der Waals surface area contributed by atoms with E-state index in [1.807, 2.05) is 25.7 Å². The predicted molar refractivity (Wildman–Crippen MR) is 72.0 cm³/mol. The zero-order valence-electron chi connectivity index (χ0n) is 10.4. The van der Waals surface area contributed by atoms with Crippen LogP contribution in [0.5, 0.6) is 0 Å². The van der Waals surface area contributed by atoms with Crippen LogP contribution in [0.15, 0.2) is 0 Å². The number of carbonyl (C=O) groups is 1. The molecule has 1 fully saturated rings. The maximum absolute atomic E-state index is 12.3. The summed E-state index contributed by atoms with van der Waals surface area (Å²) in [6.45, 7) is 8.16. The molecule has 1 saturated heterocycles. The molecule has 1 aliphatic rings. The van der Waals surface area contributed by atoms with Crippen molar-refractivity contribution in [1.82, 2.24) is 4.90 Å². The molecule has 0 spiro atoms. The van der Waals surface area contributed by atoms with E-state index in [4.69, 9.17) is 4.74 Å². The fourth-order valence-electron chi connectivity index (χ4n) is 2.11. The van der Waals surface area contributed by atoms with Crippen LogP contribution in [-0.4, -0.2) is 39.8 Å². The molecule has 0 aromatic rings. The Morgan fingerprint density at radius 2 is 2.00 bits per heavy atom. The van der Waals surface area contributed by atoms with E-state index in [0.29, 0.717) is 5.33 Å². The summed E-state index contributed by atoms with van der Waals surface area (Å²) in [7, 11) is 1.59. The summed E-state index contributed by atoms with van der Waals surface area (Å²) in [5.74, 6) is 0.0545. The highest BCUT2D eigenvalue weighted by molar-refractivity contribution is 9.10. The molecule has 0 aromatic carbocycles. The number of alkyl halides is 2. The zero-order chi connectivity index (χ0) is 12.7. The van der Waals surface area contributed by atoms with Gasteiger partial charge < -0.3 is 9.64 Å². The first-order valence-corrected chi connectivity index (χ1v) is 7.30. The molecule has 0 unspecified atom stereocenters. The molecule has 1 heterocycles. The summed E-state index contributed by atoms with van der Waals surface area (Å²) in [5, 5.41) is 0.715. The van der Waals surface area contributed by atoms with E-state index in [1.165, 1.54) is 0 Å². The predicted octanol–water partition coefficient (Wildman–Crippen LogP) is 2.76. The van der Waals surface area contributed by atoms with Crippen LogP contribution in [0.25, 0.3) is 0 Å². The number of likely N-dealkylation sites (tertiary alicyclic amines) is 1. The molecule has 5 heteroatoms. The second-order valence-corrected chi connectivity index (χ2v) is 6.90. The third kappa shape index (κ3) is 2.06. The van der Waals surface area contributed by atoms with E-state index in [0.717, 1.165) is 0 Å². The Balaban J connectivity index is 3.16. The average molecular weight is 357 g/mol. The van der Waals surface area contributed by atoms with E-state index in [-0.39, 0.29) is 21.8 Å². The topological polar surface area (TPSA) is 29.5 Å². The second kappa shape index (κ2) is 4.58. The van der Waals surface area contributed by atoms with Crippen molar-refractivity contribution in [1.29, 1.82) is 0 Å². The highest BCUT2D eigenvalue weighted by atomic mass is 79.9. The first-order chi connectivity index (χ1) is 7.20. The monoisotopic (exact) mass is 355 g/mol. The smallest absolute Gasteiger partial charge is 0.253 e. The van der Waals surface area contributed by atoms with Gasteiger partial charge in [-0.25, -0.2) is 0 Å². The van der Waals surface area contributed by atoms with Crippen LogP contribution in [0.3, 0.4) is 0 Å². The minimum Gasteiger partial charge on any atom is -0.371 e. The van der Waals surface area contributed by atoms with Gasteiger partial charge in [-0.05, 0) is 20.8 Å². The van der Waals surface area contributed by atoms with Crippen molar-refractivity contribution in [3.63, 3.8) is 0 Å². The summed E-state index contributed by atoms with van der Waals surface area (Å²) >= 11 is 7.13. The molecule has 0 bridgehead atoms. The van der Waals surface area contributed by atoms with Gasteiger partial charge in [-0.15, -0.1) is 0 Å². The first-order valence-electron chi connectivity index (χ1n) is 5.26. The number of methoxy groups -OCH3 is 1. The van der Waals surface area contributed by atoms with Gasteiger partial charge in [-0.2, -0.15) is 0 Å². The number of ether oxygens (including phenoxy) is 1. The lowest BCUT2D eigenvalue weighted by atomic mass is 9.89. The number of rotatable bonds is 2. The number of hydrogen-bond donors (Lipinski definition) is 0. The molecule has 0 aliphatic carbocycles. The van der Waals surface area contributed by atoms with Crippen LogP contribution in [0.2, 0.25) is 0 Å². The molecule has 0 N–H and O–H groups in total. The van der Waals surface area contributed by atoms with Gasteiger partial charge in [0.25, 0.3) is 5.91 Å². The molecule has 0 radical (unpaired) electrons. The van der Waals surface area contributed by atoms with Crippen LogP contribution >= 0.6 is 31.9 Å². The summed E-state index contributed by atoms with van der Waals surface area (Å²) < 4.78 is 5.37. The lowest BCUT2D eigenvalue weighted by molar-refractivity contribution is -0.141. The van der Waals surface area contributed by atoms with E-state index in [1.54, 1.807) is 7.11 Å². The maximum atomic E-state index is 12.3. The van der Waals surface area contributed by atoms with Crippen LogP contribution in [0.1, 0.15) is 27.7 Å². The van der Waals surface area contributed by atoms with Gasteiger partial charge >= 0.3 is 0 Å². The zero-order valence-corrected chi connectivity index (χ0v) is 13.6. The van der Waals surface area contributed by atoms with Crippen molar-refractivity contribution in [3.05, 3.63) is 0 Å². The van der Waals surface area contributed by atoms with Gasteiger partial charge in [0.15, 0.2) is 0 Å². The fraction of sp³-hybridized carbons (Fsp3) is 0.909. The van der Waals surface area contributed by atoms with Gasteiger partial charge in [-0.3, -0.25) is 4.79 Å². The quantitative estimate of drug-likeness (QED) is 0.562. The lowest BCUT2D eigenvalue weighted by Gasteiger charge is -2.37. The molecule has 3 nitrogen and oxygen atoms in total. The first kappa shape index (κ1) is 14.5. The van der Waals surface area contributed by atoms with Crippen molar-refractivity contribution in [2.24, 2.45) is 5.41 Å². The number of hydrogen-bond acceptors (Lipinski definition) is 2. The maximum Gasteiger partial charge on any atom is 0.253 e. The minimum absolute atomic E-state index is 0.0168. The van der Waals surface area contributed by atoms with E-state index >= 15 is 0 Å². The Labute approximate surface area is 114 Å². The van der Waals surface area contributed by atoms with Crippen molar-refractivity contribution >= 4 is 37.8 Å². The lowest BCUT2D eigenvalue weighted by Crippen LogP contribution is -2.47. The molecular weight excluding hydrogens is 338 g/mol. The van der Waals surface area contributed by atoms with Crippen molar-refractivity contribution in [2.45, 2.75) is 44.3 Å². The van der Waals surface area contributed by atoms with E-state index < -0.39 is 6.10 Å². The van der Waals surface area contributed by atoms with Gasteiger partial charge in [0.1, 0.15) is 6.10 Å². The minimum atomic E-state index is -0.393. The van der Waals surface area contributed by atoms with E-state index in [2.05, 4.69) is 38.8 Å². The van der Waals surface area contributed by atoms with Crippen LogP contribution in [-0.2, 0) is 9.53 Å². The SMILES string of the molecule is CO[C@H]1C(=O)N(C(C)(C)C)[C@H](Br)[C@]1(C)CBr. The average Bonchev–Trinajstić information content (AvgIpc) is 2.34. The number of nitrogens with zero attached hydrogens (tertiary/aromatic N) is 1. The third-order valence-electron chi connectivity index (χ3n) is 3.08. The van der Waals surface area contributed by atoms with Crippen LogP contribution in [0.4, 0.5) is 0 Å². The van der Waals surface area contributed by atoms with Crippen molar-refractivity contribution < 1.29 is 9.53 Å². The normalized spacial score (nSPS) is 35.9.